The molecule has 1 unspecified atom stereocenters. The molecule has 0 saturated carbocycles. The average Bonchev–Trinajstić information content (AvgIpc) is 3.34. The number of nitrogens with two attached hydrogens (primary N) is 3. The number of aliphatic hydroxyl groups excluding tert-OH is 1. The number of thioether (sulfide) groups is 1. The van der Waals surface area contributed by atoms with Gasteiger partial charge in [0, 0.05) is 30.3 Å². The molecule has 13 nitrogen and oxygen atoms in total. The zero-order valence-corrected chi connectivity index (χ0v) is 20.2. The van der Waals surface area contributed by atoms with E-state index >= 15 is 0 Å². The van der Waals surface area contributed by atoms with Gasteiger partial charge >= 0.3 is 0 Å². The van der Waals surface area contributed by atoms with Gasteiger partial charge in [0.1, 0.15) is 9.79 Å². The van der Waals surface area contributed by atoms with Gasteiger partial charge < -0.3 is 16.6 Å². The molecule has 0 saturated heterocycles. The molecule has 16 heteroatoms. The van der Waals surface area contributed by atoms with Gasteiger partial charge in [0.2, 0.25) is 25.9 Å². The predicted octanol–water partition coefficient (Wildman–Crippen LogP) is -1.17. The molecule has 3 aromatic rings. The number of rotatable bonds is 11. The van der Waals surface area contributed by atoms with Crippen LogP contribution < -0.4 is 21.3 Å². The van der Waals surface area contributed by atoms with Crippen LogP contribution in [0.2, 0.25) is 0 Å². The Balaban J connectivity index is 2.26. The van der Waals surface area contributed by atoms with E-state index in [0.717, 1.165) is 11.0 Å². The Morgan fingerprint density at radius 2 is 1.91 bits per heavy atom. The highest BCUT2D eigenvalue weighted by atomic mass is 32.2. The number of hydrogen-bond donors (Lipinski definition) is 6. The van der Waals surface area contributed by atoms with Crippen LogP contribution in [0.5, 0.6) is 0 Å². The second-order valence-electron chi connectivity index (χ2n) is 7.01. The van der Waals surface area contributed by atoms with Gasteiger partial charge in [0.05, 0.1) is 11.7 Å². The van der Waals surface area contributed by atoms with Crippen LogP contribution in [0.15, 0.2) is 51.1 Å². The van der Waals surface area contributed by atoms with Crippen molar-refractivity contribution in [3.63, 3.8) is 0 Å². The molecular formula is C18H24N8O5S3. The lowest BCUT2D eigenvalue weighted by Crippen LogP contribution is -2.31. The zero-order valence-electron chi connectivity index (χ0n) is 17.7. The monoisotopic (exact) mass is 528 g/mol. The van der Waals surface area contributed by atoms with Crippen molar-refractivity contribution in [2.45, 2.75) is 20.8 Å². The van der Waals surface area contributed by atoms with Crippen molar-refractivity contribution in [3.05, 3.63) is 36.4 Å². The molecule has 0 spiro atoms. The van der Waals surface area contributed by atoms with Crippen LogP contribution in [0.3, 0.4) is 0 Å². The first-order chi connectivity index (χ1) is 16.1. The number of sulfonamides is 2. The summed E-state index contributed by atoms with van der Waals surface area (Å²) >= 11 is 1.35. The van der Waals surface area contributed by atoms with Crippen LogP contribution in [-0.4, -0.2) is 74.1 Å². The summed E-state index contributed by atoms with van der Waals surface area (Å²) in [6.07, 6.45) is -0.692. The fourth-order valence-electron chi connectivity index (χ4n) is 3.07. The van der Waals surface area contributed by atoms with Gasteiger partial charge in [-0.05, 0) is 34.5 Å². The maximum Gasteiger partial charge on any atom is 0.241 e. The van der Waals surface area contributed by atoms with Crippen molar-refractivity contribution < 1.29 is 21.9 Å². The van der Waals surface area contributed by atoms with Gasteiger partial charge in [-0.1, -0.05) is 18.2 Å². The molecule has 3 rings (SSSR count). The van der Waals surface area contributed by atoms with E-state index in [9.17, 15) is 21.9 Å². The Kier molecular flexibility index (Phi) is 8.37. The minimum absolute atomic E-state index is 0.00301. The van der Waals surface area contributed by atoms with Crippen LogP contribution in [0, 0.1) is 0 Å². The number of nitrogens with one attached hydrogen (secondary N) is 2. The lowest BCUT2D eigenvalue weighted by atomic mass is 9.99. The minimum Gasteiger partial charge on any atom is -0.391 e. The van der Waals surface area contributed by atoms with Crippen LogP contribution in [0.25, 0.3) is 22.5 Å². The highest BCUT2D eigenvalue weighted by molar-refractivity contribution is 7.99. The zero-order chi connectivity index (χ0) is 24.9. The standard InChI is InChI=1S/C18H24N8O5S3/c19-6-7-22-34(30,31)15-5-4-14(11-2-1-3-13(8-11)32-10-12(27)9-20)16(17(15)33(21,28)29)18-23-25-26-24-18/h1-5,8,12,22,27H,6-7,9-10,19-20H2,(H2,21,28,29)(H,23,24,25,26). The van der Waals surface area contributed by atoms with E-state index < -0.39 is 35.9 Å². The van der Waals surface area contributed by atoms with E-state index in [4.69, 9.17) is 16.6 Å². The summed E-state index contributed by atoms with van der Waals surface area (Å²) in [6.45, 7) is 0.00313. The first kappa shape index (κ1) is 26.2. The van der Waals surface area contributed by atoms with E-state index in [2.05, 4.69) is 25.3 Å². The number of aromatic amines is 1. The molecule has 9 N–H and O–H groups in total. The molecule has 34 heavy (non-hydrogen) atoms. The fraction of sp³-hybridized carbons (Fsp3) is 0.278. The number of aromatic nitrogens is 4. The second-order valence-corrected chi connectivity index (χ2v) is 11.3. The maximum absolute atomic E-state index is 12.9. The smallest absolute Gasteiger partial charge is 0.241 e. The van der Waals surface area contributed by atoms with Gasteiger partial charge in [-0.3, -0.25) is 0 Å². The van der Waals surface area contributed by atoms with E-state index in [-0.39, 0.29) is 31.0 Å². The van der Waals surface area contributed by atoms with Gasteiger partial charge in [0.15, 0.2) is 0 Å². The maximum atomic E-state index is 12.9. The molecular weight excluding hydrogens is 504 g/mol. The lowest BCUT2D eigenvalue weighted by Gasteiger charge is -2.17. The molecule has 0 aliphatic heterocycles. The van der Waals surface area contributed by atoms with Crippen molar-refractivity contribution in [2.75, 3.05) is 25.4 Å². The van der Waals surface area contributed by atoms with Crippen molar-refractivity contribution >= 4 is 31.8 Å². The number of aliphatic hydroxyl groups is 1. The summed E-state index contributed by atoms with van der Waals surface area (Å²) in [6, 6.07) is 9.58. The Labute approximate surface area is 200 Å². The topological polar surface area (TPSA) is 233 Å². The molecule has 0 aliphatic carbocycles. The van der Waals surface area contributed by atoms with Gasteiger partial charge in [-0.25, -0.2) is 26.7 Å². The number of nitrogens with zero attached hydrogens (tertiary/aromatic N) is 3. The summed E-state index contributed by atoms with van der Waals surface area (Å²) in [7, 11) is -8.89. The predicted molar refractivity (Wildman–Crippen MR) is 126 cm³/mol. The van der Waals surface area contributed by atoms with Gasteiger partial charge in [-0.15, -0.1) is 22.0 Å². The van der Waals surface area contributed by atoms with Crippen LogP contribution in [0.1, 0.15) is 0 Å². The number of tetrazole rings is 1. The summed E-state index contributed by atoms with van der Waals surface area (Å²) in [5.41, 5.74) is 11.6. The van der Waals surface area contributed by atoms with Crippen molar-refractivity contribution in [2.24, 2.45) is 16.6 Å². The molecule has 184 valence electrons. The molecule has 0 bridgehead atoms. The number of hydrogen-bond acceptors (Lipinski definition) is 11. The third-order valence-electron chi connectivity index (χ3n) is 4.56. The quantitative estimate of drug-likeness (QED) is 0.162. The van der Waals surface area contributed by atoms with Crippen molar-refractivity contribution in [1.82, 2.24) is 25.3 Å². The SMILES string of the molecule is NCCNS(=O)(=O)c1ccc(-c2cccc(SCC(O)CN)c2)c(-c2nn[nH]n2)c1S(N)(=O)=O. The number of H-pyrrole nitrogens is 1. The van der Waals surface area contributed by atoms with Crippen LogP contribution in [-0.2, 0) is 20.0 Å². The summed E-state index contributed by atoms with van der Waals surface area (Å²) in [4.78, 5) is -0.473. The Morgan fingerprint density at radius 3 is 2.53 bits per heavy atom. The number of benzene rings is 2. The third kappa shape index (κ3) is 5.97. The first-order valence-corrected chi connectivity index (χ1v) is 13.8. The molecule has 2 aromatic carbocycles. The normalized spacial score (nSPS) is 13.2. The highest BCUT2D eigenvalue weighted by Gasteiger charge is 2.32. The van der Waals surface area contributed by atoms with E-state index in [1.165, 1.54) is 17.8 Å². The van der Waals surface area contributed by atoms with E-state index in [1.807, 2.05) is 6.07 Å². The minimum atomic E-state index is -4.59. The second kappa shape index (κ2) is 10.9. The Hall–Kier alpha value is -2.44. The Bertz CT molecular complexity index is 1350. The van der Waals surface area contributed by atoms with Crippen LogP contribution in [0.4, 0.5) is 0 Å². The Morgan fingerprint density at radius 1 is 1.15 bits per heavy atom. The molecule has 0 radical (unpaired) electrons. The highest BCUT2D eigenvalue weighted by Crippen LogP contribution is 2.39. The van der Waals surface area contributed by atoms with Gasteiger partial charge in [0.25, 0.3) is 0 Å². The third-order valence-corrected chi connectivity index (χ3v) is 8.32. The lowest BCUT2D eigenvalue weighted by molar-refractivity contribution is 0.208. The molecule has 0 aliphatic rings. The summed E-state index contributed by atoms with van der Waals surface area (Å²) in [5.74, 6) is 0.191. The molecule has 0 amide bonds. The summed E-state index contributed by atoms with van der Waals surface area (Å²) < 4.78 is 53.3. The van der Waals surface area contributed by atoms with Crippen molar-refractivity contribution in [3.8, 4) is 22.5 Å². The number of primary sulfonamides is 1. The van der Waals surface area contributed by atoms with Crippen molar-refractivity contribution in [1.29, 1.82) is 0 Å². The molecule has 1 heterocycles. The van der Waals surface area contributed by atoms with E-state index in [1.54, 1.807) is 18.2 Å². The largest absolute Gasteiger partial charge is 0.391 e. The molecule has 1 aromatic heterocycles. The average molecular weight is 529 g/mol. The summed E-state index contributed by atoms with van der Waals surface area (Å²) in [5, 5.41) is 28.7. The molecule has 1 atom stereocenters. The van der Waals surface area contributed by atoms with Crippen LogP contribution >= 0.6 is 11.8 Å². The first-order valence-electron chi connectivity index (χ1n) is 9.83. The fourth-order valence-corrected chi connectivity index (χ4v) is 6.63. The van der Waals surface area contributed by atoms with E-state index in [0.29, 0.717) is 16.9 Å². The van der Waals surface area contributed by atoms with Gasteiger partial charge in [-0.2, -0.15) is 5.21 Å². The molecule has 0 fully saturated rings.